The number of carbonyl (C=O) groups excluding carboxylic acids is 1. The molecule has 2 fully saturated rings. The molecule has 2 aromatic rings. The molecule has 4 rings (SSSR count). The summed E-state index contributed by atoms with van der Waals surface area (Å²) in [4.78, 5) is 21.9. The summed E-state index contributed by atoms with van der Waals surface area (Å²) < 4.78 is 3.81. The van der Waals surface area contributed by atoms with Crippen LogP contribution in [0.15, 0.2) is 24.8 Å². The van der Waals surface area contributed by atoms with Crippen LogP contribution in [-0.2, 0) is 25.4 Å². The van der Waals surface area contributed by atoms with Crippen LogP contribution in [-0.4, -0.2) is 49.8 Å². The molecule has 1 atom stereocenters. The predicted octanol–water partition coefficient (Wildman–Crippen LogP) is 1.17. The zero-order valence-electron chi connectivity index (χ0n) is 14.4. The van der Waals surface area contributed by atoms with E-state index in [1.165, 1.54) is 0 Å². The van der Waals surface area contributed by atoms with Crippen LogP contribution >= 0.6 is 0 Å². The van der Waals surface area contributed by atoms with Crippen molar-refractivity contribution in [3.05, 3.63) is 30.6 Å². The first-order valence-corrected chi connectivity index (χ1v) is 8.57. The van der Waals surface area contributed by atoms with Crippen LogP contribution in [0.4, 0.5) is 5.69 Å². The first-order chi connectivity index (χ1) is 11.6. The quantitative estimate of drug-likeness (QED) is 0.849. The third kappa shape index (κ3) is 2.53. The van der Waals surface area contributed by atoms with Crippen LogP contribution in [0.3, 0.4) is 0 Å². The number of aryl methyl sites for hydroxylation is 2. The lowest BCUT2D eigenvalue weighted by Gasteiger charge is -2.38. The van der Waals surface area contributed by atoms with Crippen LogP contribution < -0.4 is 4.90 Å². The fourth-order valence-electron chi connectivity index (χ4n) is 4.10. The molecule has 1 spiro atoms. The first-order valence-electron chi connectivity index (χ1n) is 8.57. The molecule has 0 aliphatic carbocycles. The summed E-state index contributed by atoms with van der Waals surface area (Å²) in [7, 11) is 3.90. The van der Waals surface area contributed by atoms with Crippen molar-refractivity contribution in [3.63, 3.8) is 0 Å². The number of amides is 1. The van der Waals surface area contributed by atoms with Gasteiger partial charge in [0.05, 0.1) is 23.8 Å². The Kier molecular flexibility index (Phi) is 3.68. The second-order valence-electron chi connectivity index (χ2n) is 7.13. The molecular weight excluding hydrogens is 304 g/mol. The largest absolute Gasteiger partial charge is 0.337 e. The van der Waals surface area contributed by atoms with Crippen LogP contribution in [0.2, 0.25) is 0 Å². The maximum Gasteiger partial charge on any atom is 0.234 e. The molecule has 0 aromatic carbocycles. The van der Waals surface area contributed by atoms with Gasteiger partial charge in [0.2, 0.25) is 5.91 Å². The smallest absolute Gasteiger partial charge is 0.234 e. The number of nitrogens with zero attached hydrogens (tertiary/aromatic N) is 6. The molecule has 2 aliphatic heterocycles. The van der Waals surface area contributed by atoms with E-state index in [0.29, 0.717) is 0 Å². The van der Waals surface area contributed by atoms with E-state index in [1.54, 1.807) is 10.9 Å². The Morgan fingerprint density at radius 1 is 1.25 bits per heavy atom. The minimum atomic E-state index is -0.237. The predicted molar refractivity (Wildman–Crippen MR) is 90.3 cm³/mol. The molecule has 7 nitrogen and oxygen atoms in total. The lowest BCUT2D eigenvalue weighted by Crippen LogP contribution is -2.47. The van der Waals surface area contributed by atoms with Gasteiger partial charge in [-0.05, 0) is 25.8 Å². The fourth-order valence-corrected chi connectivity index (χ4v) is 4.10. The van der Waals surface area contributed by atoms with Gasteiger partial charge in [-0.2, -0.15) is 5.10 Å². The minimum Gasteiger partial charge on any atom is -0.337 e. The Bertz CT molecular complexity index is 750. The third-order valence-electron chi connectivity index (χ3n) is 5.46. The molecule has 24 heavy (non-hydrogen) atoms. The van der Waals surface area contributed by atoms with E-state index < -0.39 is 0 Å². The molecule has 1 amide bonds. The molecule has 7 heteroatoms. The van der Waals surface area contributed by atoms with Gasteiger partial charge in [0.1, 0.15) is 5.82 Å². The number of imidazole rings is 1. The molecule has 0 N–H and O–H groups in total. The molecule has 0 radical (unpaired) electrons. The van der Waals surface area contributed by atoms with Crippen molar-refractivity contribution < 1.29 is 4.79 Å². The number of carbonyl (C=O) groups is 1. The van der Waals surface area contributed by atoms with Gasteiger partial charge in [0.15, 0.2) is 0 Å². The molecule has 2 aliphatic rings. The highest BCUT2D eigenvalue weighted by molar-refractivity contribution is 6.00. The van der Waals surface area contributed by atoms with Gasteiger partial charge in [-0.1, -0.05) is 0 Å². The van der Waals surface area contributed by atoms with E-state index in [0.717, 1.165) is 57.0 Å². The minimum absolute atomic E-state index is 0.237. The van der Waals surface area contributed by atoms with Crippen molar-refractivity contribution >= 4 is 11.6 Å². The summed E-state index contributed by atoms with van der Waals surface area (Å²) in [6.07, 6.45) is 10.5. The van der Waals surface area contributed by atoms with Gasteiger partial charge in [-0.25, -0.2) is 4.98 Å². The second kappa shape index (κ2) is 5.73. The molecule has 4 heterocycles. The Hall–Kier alpha value is -2.15. The molecule has 2 aromatic heterocycles. The second-order valence-corrected chi connectivity index (χ2v) is 7.13. The molecule has 2 saturated heterocycles. The number of hydrogen-bond acceptors (Lipinski definition) is 4. The number of likely N-dealkylation sites (tertiary alicyclic amines) is 1. The van der Waals surface area contributed by atoms with Crippen LogP contribution in [0.1, 0.15) is 25.1 Å². The normalized spacial score (nSPS) is 25.1. The molecule has 0 saturated carbocycles. The summed E-state index contributed by atoms with van der Waals surface area (Å²) >= 11 is 0. The van der Waals surface area contributed by atoms with Crippen molar-refractivity contribution in [3.8, 4) is 0 Å². The lowest BCUT2D eigenvalue weighted by molar-refractivity contribution is -0.128. The Labute approximate surface area is 141 Å². The maximum atomic E-state index is 13.1. The van der Waals surface area contributed by atoms with Crippen molar-refractivity contribution in [1.29, 1.82) is 0 Å². The van der Waals surface area contributed by atoms with Crippen molar-refractivity contribution in [1.82, 2.24) is 24.2 Å². The zero-order chi connectivity index (χ0) is 16.7. The maximum absolute atomic E-state index is 13.1. The van der Waals surface area contributed by atoms with Crippen LogP contribution in [0, 0.1) is 5.41 Å². The fraction of sp³-hybridized carbons (Fsp3) is 0.588. The van der Waals surface area contributed by atoms with E-state index in [2.05, 4.69) is 19.5 Å². The summed E-state index contributed by atoms with van der Waals surface area (Å²) in [6.45, 7) is 3.47. The van der Waals surface area contributed by atoms with E-state index in [9.17, 15) is 4.79 Å². The number of rotatable bonds is 3. The highest BCUT2D eigenvalue weighted by atomic mass is 16.2. The summed E-state index contributed by atoms with van der Waals surface area (Å²) in [5, 5.41) is 4.21. The highest BCUT2D eigenvalue weighted by Crippen LogP contribution is 2.41. The molecule has 128 valence electrons. The topological polar surface area (TPSA) is 59.2 Å². The number of piperidine rings is 1. The van der Waals surface area contributed by atoms with E-state index in [1.807, 2.05) is 37.6 Å². The number of anilines is 1. The average molecular weight is 328 g/mol. The molecule has 0 unspecified atom stereocenters. The summed E-state index contributed by atoms with van der Waals surface area (Å²) in [5.74, 6) is 1.32. The van der Waals surface area contributed by atoms with Gasteiger partial charge in [-0.3, -0.25) is 14.4 Å². The first kappa shape index (κ1) is 15.4. The standard InChI is InChI=1S/C17H24N6O/c1-20-9-6-18-15(20)12-22-7-3-4-17(13-22)5-8-23(16(17)24)14-10-19-21(2)11-14/h6,9-11H,3-5,7-8,12-13H2,1-2H3/t17-/m0/s1. The van der Waals surface area contributed by atoms with Gasteiger partial charge in [-0.15, -0.1) is 0 Å². The van der Waals surface area contributed by atoms with Gasteiger partial charge in [0.25, 0.3) is 0 Å². The zero-order valence-corrected chi connectivity index (χ0v) is 14.4. The average Bonchev–Trinajstić information content (AvgIpc) is 3.24. The number of aromatic nitrogens is 4. The van der Waals surface area contributed by atoms with E-state index in [4.69, 9.17) is 0 Å². The van der Waals surface area contributed by atoms with Crippen LogP contribution in [0.5, 0.6) is 0 Å². The van der Waals surface area contributed by atoms with Crippen molar-refractivity contribution in [2.45, 2.75) is 25.8 Å². The summed E-state index contributed by atoms with van der Waals surface area (Å²) in [5.41, 5.74) is 0.680. The van der Waals surface area contributed by atoms with Crippen LogP contribution in [0.25, 0.3) is 0 Å². The highest BCUT2D eigenvalue weighted by Gasteiger charge is 2.49. The van der Waals surface area contributed by atoms with E-state index >= 15 is 0 Å². The van der Waals surface area contributed by atoms with Gasteiger partial charge >= 0.3 is 0 Å². The van der Waals surface area contributed by atoms with Gasteiger partial charge in [0, 0.05) is 45.8 Å². The number of hydrogen-bond donors (Lipinski definition) is 0. The van der Waals surface area contributed by atoms with Crippen molar-refractivity contribution in [2.75, 3.05) is 24.5 Å². The van der Waals surface area contributed by atoms with E-state index in [-0.39, 0.29) is 11.3 Å². The molecule has 0 bridgehead atoms. The Morgan fingerprint density at radius 3 is 2.83 bits per heavy atom. The SMILES string of the molecule is Cn1cc(N2CC[C@]3(CCCN(Cc4nccn4C)C3)C2=O)cn1. The Balaban J connectivity index is 1.50. The third-order valence-corrected chi connectivity index (χ3v) is 5.46. The Morgan fingerprint density at radius 2 is 2.12 bits per heavy atom. The molecular formula is C17H24N6O. The van der Waals surface area contributed by atoms with Gasteiger partial charge < -0.3 is 9.47 Å². The van der Waals surface area contributed by atoms with Crippen molar-refractivity contribution in [2.24, 2.45) is 19.5 Å². The summed E-state index contributed by atoms with van der Waals surface area (Å²) in [6, 6.07) is 0. The monoisotopic (exact) mass is 328 g/mol. The lowest BCUT2D eigenvalue weighted by atomic mass is 9.78.